The normalized spacial score (nSPS) is 10.8. The Morgan fingerprint density at radius 1 is 0.426 bits per heavy atom. The van der Waals surface area contributed by atoms with Gasteiger partial charge in [-0.2, -0.15) is 0 Å². The first-order valence-corrected chi connectivity index (χ1v) is 17.7. The quantitative estimate of drug-likeness (QED) is 0.0544. The van der Waals surface area contributed by atoms with E-state index < -0.39 is 11.9 Å². The molecule has 3 aromatic carbocycles. The summed E-state index contributed by atoms with van der Waals surface area (Å²) in [7, 11) is 0. The average molecular weight is 647 g/mol. The Morgan fingerprint density at radius 2 is 0.830 bits per heavy atom. The van der Waals surface area contributed by atoms with E-state index in [0.29, 0.717) is 53.9 Å². The summed E-state index contributed by atoms with van der Waals surface area (Å²) in [5, 5.41) is 0. The molecule has 0 aliphatic carbocycles. The molecule has 0 spiro atoms. The molecule has 0 N–H and O–H groups in total. The molecule has 47 heavy (non-hydrogen) atoms. The van der Waals surface area contributed by atoms with Gasteiger partial charge in [-0.3, -0.25) is 0 Å². The van der Waals surface area contributed by atoms with Crippen LogP contribution in [0.1, 0.15) is 131 Å². The van der Waals surface area contributed by atoms with Crippen LogP contribution in [0.2, 0.25) is 0 Å². The average Bonchev–Trinajstić information content (AvgIpc) is 3.09. The highest BCUT2D eigenvalue weighted by Gasteiger charge is 2.15. The van der Waals surface area contributed by atoms with Crippen LogP contribution in [0.4, 0.5) is 0 Å². The summed E-state index contributed by atoms with van der Waals surface area (Å²) in [6.45, 7) is 8.40. The standard InChI is InChI=1S/C40H54O7/c1-4-7-10-13-14-17-28-43-34-21-18-32(19-22-34)39(41)46-35-23-25-36(26-24-35)47-40(42)33-20-27-37(44-29-15-11-8-5-2)38(31-33)45-30-16-12-9-6-3/h18-27,31H,4-17,28-30H2,1-3H3. The number of hydrogen-bond donors (Lipinski definition) is 0. The minimum atomic E-state index is -0.515. The molecular weight excluding hydrogens is 592 g/mol. The Balaban J connectivity index is 1.50. The maximum atomic E-state index is 13.0. The maximum absolute atomic E-state index is 13.0. The van der Waals surface area contributed by atoms with Gasteiger partial charge in [0.15, 0.2) is 11.5 Å². The lowest BCUT2D eigenvalue weighted by atomic mass is 10.1. The number of hydrogen-bond acceptors (Lipinski definition) is 7. The van der Waals surface area contributed by atoms with Crippen LogP contribution in [0.25, 0.3) is 0 Å². The van der Waals surface area contributed by atoms with Crippen molar-refractivity contribution in [1.82, 2.24) is 0 Å². The topological polar surface area (TPSA) is 80.3 Å². The van der Waals surface area contributed by atoms with Crippen molar-refractivity contribution in [2.75, 3.05) is 19.8 Å². The molecule has 7 heteroatoms. The second-order valence-electron chi connectivity index (χ2n) is 11.9. The molecule has 0 bridgehead atoms. The van der Waals surface area contributed by atoms with Crippen molar-refractivity contribution < 1.29 is 33.3 Å². The fraction of sp³-hybridized carbons (Fsp3) is 0.500. The van der Waals surface area contributed by atoms with Gasteiger partial charge < -0.3 is 23.7 Å². The van der Waals surface area contributed by atoms with Crippen LogP contribution >= 0.6 is 0 Å². The molecule has 0 saturated carbocycles. The Hall–Kier alpha value is -4.00. The fourth-order valence-electron chi connectivity index (χ4n) is 4.96. The Morgan fingerprint density at radius 3 is 1.38 bits per heavy atom. The Bertz CT molecular complexity index is 1300. The minimum Gasteiger partial charge on any atom is -0.494 e. The van der Waals surface area contributed by atoms with E-state index in [1.165, 1.54) is 44.9 Å². The molecule has 0 radical (unpaired) electrons. The number of rotatable bonds is 24. The van der Waals surface area contributed by atoms with E-state index in [9.17, 15) is 9.59 Å². The van der Waals surface area contributed by atoms with Crippen LogP contribution < -0.4 is 23.7 Å². The van der Waals surface area contributed by atoms with E-state index in [2.05, 4.69) is 20.8 Å². The number of benzene rings is 3. The molecule has 0 amide bonds. The van der Waals surface area contributed by atoms with Gasteiger partial charge in [0.05, 0.1) is 30.9 Å². The summed E-state index contributed by atoms with van der Waals surface area (Å²) in [4.78, 5) is 25.7. The van der Waals surface area contributed by atoms with Crippen LogP contribution in [-0.4, -0.2) is 31.8 Å². The van der Waals surface area contributed by atoms with Gasteiger partial charge in [-0.1, -0.05) is 91.4 Å². The molecule has 0 unspecified atom stereocenters. The highest BCUT2D eigenvalue weighted by atomic mass is 16.5. The number of ether oxygens (including phenoxy) is 5. The van der Waals surface area contributed by atoms with Crippen LogP contribution in [-0.2, 0) is 0 Å². The predicted octanol–water partition coefficient (Wildman–Crippen LogP) is 10.8. The lowest BCUT2D eigenvalue weighted by Gasteiger charge is -2.14. The van der Waals surface area contributed by atoms with Crippen molar-refractivity contribution in [2.24, 2.45) is 0 Å². The molecule has 0 aliphatic heterocycles. The molecule has 0 fully saturated rings. The first kappa shape index (κ1) is 37.5. The van der Waals surface area contributed by atoms with E-state index in [1.54, 1.807) is 66.7 Å². The minimum absolute atomic E-state index is 0.333. The van der Waals surface area contributed by atoms with Gasteiger partial charge in [0.1, 0.15) is 17.2 Å². The van der Waals surface area contributed by atoms with Crippen LogP contribution in [0.5, 0.6) is 28.7 Å². The van der Waals surface area contributed by atoms with E-state index >= 15 is 0 Å². The molecule has 0 atom stereocenters. The SMILES string of the molecule is CCCCCCCCOc1ccc(C(=O)Oc2ccc(OC(=O)c3ccc(OCCCCCC)c(OCCCCCC)c3)cc2)cc1. The lowest BCUT2D eigenvalue weighted by Crippen LogP contribution is -2.10. The first-order valence-electron chi connectivity index (χ1n) is 17.7. The second kappa shape index (κ2) is 22.5. The van der Waals surface area contributed by atoms with Gasteiger partial charge in [-0.25, -0.2) is 9.59 Å². The van der Waals surface area contributed by atoms with Crippen molar-refractivity contribution in [2.45, 2.75) is 111 Å². The summed E-state index contributed by atoms with van der Waals surface area (Å²) in [6.07, 6.45) is 16.0. The van der Waals surface area contributed by atoms with E-state index in [-0.39, 0.29) is 0 Å². The van der Waals surface area contributed by atoms with Gasteiger partial charge in [-0.15, -0.1) is 0 Å². The number of carbonyl (C=O) groups is 2. The highest BCUT2D eigenvalue weighted by Crippen LogP contribution is 2.30. The number of unbranched alkanes of at least 4 members (excludes halogenated alkanes) is 11. The monoisotopic (exact) mass is 646 g/mol. The third-order valence-electron chi connectivity index (χ3n) is 7.79. The van der Waals surface area contributed by atoms with Crippen molar-refractivity contribution in [3.63, 3.8) is 0 Å². The zero-order chi connectivity index (χ0) is 33.5. The van der Waals surface area contributed by atoms with Gasteiger partial charge in [0.2, 0.25) is 0 Å². The molecule has 256 valence electrons. The summed E-state index contributed by atoms with van der Waals surface area (Å²) in [6, 6.07) is 18.5. The maximum Gasteiger partial charge on any atom is 0.343 e. The number of esters is 2. The molecule has 7 nitrogen and oxygen atoms in total. The fourth-order valence-corrected chi connectivity index (χ4v) is 4.96. The van der Waals surface area contributed by atoms with Gasteiger partial charge >= 0.3 is 11.9 Å². The molecule has 0 heterocycles. The third kappa shape index (κ3) is 14.5. The Labute approximate surface area is 281 Å². The summed E-state index contributed by atoms with van der Waals surface area (Å²) in [5.74, 6) is 1.60. The zero-order valence-electron chi connectivity index (χ0n) is 28.7. The van der Waals surface area contributed by atoms with Crippen molar-refractivity contribution in [1.29, 1.82) is 0 Å². The van der Waals surface area contributed by atoms with Gasteiger partial charge in [-0.05, 0) is 86.0 Å². The second-order valence-corrected chi connectivity index (χ2v) is 11.9. The number of carbonyl (C=O) groups excluding carboxylic acids is 2. The van der Waals surface area contributed by atoms with E-state index in [0.717, 1.165) is 50.7 Å². The zero-order valence-corrected chi connectivity index (χ0v) is 28.7. The highest BCUT2D eigenvalue weighted by molar-refractivity contribution is 5.92. The van der Waals surface area contributed by atoms with Gasteiger partial charge in [0, 0.05) is 0 Å². The molecule has 0 aromatic heterocycles. The molecule has 3 rings (SSSR count). The molecule has 0 saturated heterocycles. The summed E-state index contributed by atoms with van der Waals surface area (Å²) >= 11 is 0. The van der Waals surface area contributed by atoms with Crippen molar-refractivity contribution in [3.05, 3.63) is 77.9 Å². The molecule has 3 aromatic rings. The van der Waals surface area contributed by atoms with E-state index in [4.69, 9.17) is 23.7 Å². The third-order valence-corrected chi connectivity index (χ3v) is 7.79. The van der Waals surface area contributed by atoms with Crippen LogP contribution in [0.3, 0.4) is 0 Å². The molecule has 0 aliphatic rings. The summed E-state index contributed by atoms with van der Waals surface area (Å²) in [5.41, 5.74) is 0.783. The first-order chi connectivity index (χ1) is 23.0. The van der Waals surface area contributed by atoms with Crippen molar-refractivity contribution >= 4 is 11.9 Å². The lowest BCUT2D eigenvalue weighted by molar-refractivity contribution is 0.0719. The van der Waals surface area contributed by atoms with Crippen molar-refractivity contribution in [3.8, 4) is 28.7 Å². The largest absolute Gasteiger partial charge is 0.494 e. The smallest absolute Gasteiger partial charge is 0.343 e. The molecular formula is C40H54O7. The van der Waals surface area contributed by atoms with Crippen LogP contribution in [0.15, 0.2) is 66.7 Å². The Kier molecular flexibility index (Phi) is 17.9. The predicted molar refractivity (Wildman–Crippen MR) is 187 cm³/mol. The van der Waals surface area contributed by atoms with Crippen LogP contribution in [0, 0.1) is 0 Å². The summed E-state index contributed by atoms with van der Waals surface area (Å²) < 4.78 is 29.0. The van der Waals surface area contributed by atoms with Gasteiger partial charge in [0.25, 0.3) is 0 Å². The van der Waals surface area contributed by atoms with E-state index in [1.807, 2.05) is 0 Å².